The van der Waals surface area contributed by atoms with E-state index in [-0.39, 0.29) is 11.8 Å². The second-order valence-corrected chi connectivity index (χ2v) is 6.97. The van der Waals surface area contributed by atoms with Gasteiger partial charge in [-0.25, -0.2) is 4.98 Å². The summed E-state index contributed by atoms with van der Waals surface area (Å²) < 4.78 is 1.03. The molecular weight excluding hydrogens is 360 g/mol. The van der Waals surface area contributed by atoms with Crippen molar-refractivity contribution in [2.45, 2.75) is 26.3 Å². The number of nitrogens with one attached hydrogen (secondary N) is 1. The molecule has 0 atom stereocenters. The summed E-state index contributed by atoms with van der Waals surface area (Å²) in [7, 11) is 0. The Morgan fingerprint density at radius 3 is 2.80 bits per heavy atom. The smallest absolute Gasteiger partial charge is 0.251 e. The molecule has 2 aromatic rings. The Kier molecular flexibility index (Phi) is 5.18. The van der Waals surface area contributed by atoms with E-state index in [0.29, 0.717) is 17.3 Å². The van der Waals surface area contributed by atoms with Crippen LogP contribution < -0.4 is 5.32 Å². The number of hydrogen-bond donors (Lipinski definition) is 1. The maximum atomic E-state index is 12.1. The van der Waals surface area contributed by atoms with Crippen molar-refractivity contribution in [3.05, 3.63) is 49.3 Å². The number of rotatable bonds is 4. The first kappa shape index (κ1) is 15.5. The number of hydrogen-bond acceptors (Lipinski definition) is 3. The first-order valence-corrected chi connectivity index (χ1v) is 8.19. The van der Waals surface area contributed by atoms with E-state index in [1.165, 1.54) is 0 Å². The van der Waals surface area contributed by atoms with Crippen molar-refractivity contribution in [2.24, 2.45) is 0 Å². The third-order valence-corrected chi connectivity index (χ3v) is 4.60. The Hall–Kier alpha value is -0.910. The van der Waals surface area contributed by atoms with Crippen molar-refractivity contribution in [2.75, 3.05) is 0 Å². The van der Waals surface area contributed by atoms with Crippen molar-refractivity contribution in [3.8, 4) is 0 Å². The van der Waals surface area contributed by atoms with Crippen molar-refractivity contribution in [1.82, 2.24) is 10.3 Å². The third kappa shape index (κ3) is 4.04. The lowest BCUT2D eigenvalue weighted by Crippen LogP contribution is -2.22. The van der Waals surface area contributed by atoms with E-state index >= 15 is 0 Å². The molecule has 2 rings (SSSR count). The van der Waals surface area contributed by atoms with Gasteiger partial charge >= 0.3 is 0 Å². The quantitative estimate of drug-likeness (QED) is 0.795. The lowest BCUT2D eigenvalue weighted by molar-refractivity contribution is 0.0951. The van der Waals surface area contributed by atoms with Gasteiger partial charge in [0.25, 0.3) is 5.91 Å². The van der Waals surface area contributed by atoms with Crippen molar-refractivity contribution in [1.29, 1.82) is 0 Å². The minimum Gasteiger partial charge on any atom is -0.347 e. The minimum atomic E-state index is -0.138. The topological polar surface area (TPSA) is 42.0 Å². The number of nitrogens with zero attached hydrogens (tertiary/aromatic N) is 1. The summed E-state index contributed by atoms with van der Waals surface area (Å²) in [4.78, 5) is 17.5. The molecule has 106 valence electrons. The molecule has 0 radical (unpaired) electrons. The predicted molar refractivity (Wildman–Crippen MR) is 86.5 cm³/mol. The molecule has 0 saturated heterocycles. The van der Waals surface area contributed by atoms with Gasteiger partial charge in [-0.1, -0.05) is 25.4 Å². The monoisotopic (exact) mass is 372 g/mol. The van der Waals surface area contributed by atoms with Crippen molar-refractivity contribution < 1.29 is 4.79 Å². The van der Waals surface area contributed by atoms with Crippen LogP contribution >= 0.6 is 38.9 Å². The van der Waals surface area contributed by atoms with E-state index in [0.717, 1.165) is 15.0 Å². The summed E-state index contributed by atoms with van der Waals surface area (Å²) in [5, 5.41) is 5.22. The van der Waals surface area contributed by atoms with Crippen LogP contribution in [0.4, 0.5) is 0 Å². The maximum Gasteiger partial charge on any atom is 0.251 e. The molecule has 0 unspecified atom stereocenters. The second-order valence-electron chi connectivity index (χ2n) is 4.67. The van der Waals surface area contributed by atoms with Crippen LogP contribution in [0, 0.1) is 0 Å². The molecule has 0 bridgehead atoms. The molecule has 0 aromatic carbocycles. The summed E-state index contributed by atoms with van der Waals surface area (Å²) in [5.41, 5.74) is 1.37. The lowest BCUT2D eigenvalue weighted by Gasteiger charge is -2.08. The average Bonchev–Trinajstić information content (AvgIpc) is 2.81. The van der Waals surface area contributed by atoms with Gasteiger partial charge in [-0.05, 0) is 40.0 Å². The minimum absolute atomic E-state index is 0.138. The zero-order valence-electron chi connectivity index (χ0n) is 11.1. The Bertz CT molecular complexity index is 627. The maximum absolute atomic E-state index is 12.1. The highest BCUT2D eigenvalue weighted by Crippen LogP contribution is 2.20. The number of carbonyl (C=O) groups is 1. The number of aromatic nitrogens is 1. The molecule has 3 nitrogen and oxygen atoms in total. The van der Waals surface area contributed by atoms with Gasteiger partial charge in [-0.15, -0.1) is 11.3 Å². The van der Waals surface area contributed by atoms with E-state index in [4.69, 9.17) is 11.6 Å². The Morgan fingerprint density at radius 1 is 1.45 bits per heavy atom. The summed E-state index contributed by atoms with van der Waals surface area (Å²) in [6.07, 6.45) is 0. The standard InChI is InChI=1S/C14H14BrClN2OS/c1-8(2)12-3-9(4-13(16)18-12)14(19)17-6-11-5-10(15)7-20-11/h3-5,7-8H,6H2,1-2H3,(H,17,19). The van der Waals surface area contributed by atoms with E-state index in [1.54, 1.807) is 23.5 Å². The molecule has 2 aromatic heterocycles. The highest BCUT2D eigenvalue weighted by atomic mass is 79.9. The Morgan fingerprint density at radius 2 is 2.20 bits per heavy atom. The SMILES string of the molecule is CC(C)c1cc(C(=O)NCc2cc(Br)cs2)cc(Cl)n1. The molecule has 0 aliphatic heterocycles. The van der Waals surface area contributed by atoms with Crippen LogP contribution in [0.1, 0.15) is 40.7 Å². The number of pyridine rings is 1. The number of halogens is 2. The van der Waals surface area contributed by atoms with Crippen LogP contribution in [0.5, 0.6) is 0 Å². The fraction of sp³-hybridized carbons (Fsp3) is 0.286. The molecule has 6 heteroatoms. The highest BCUT2D eigenvalue weighted by molar-refractivity contribution is 9.10. The number of carbonyl (C=O) groups excluding carboxylic acids is 1. The van der Waals surface area contributed by atoms with Crippen LogP contribution in [0.3, 0.4) is 0 Å². The Balaban J connectivity index is 2.09. The molecule has 0 fully saturated rings. The van der Waals surface area contributed by atoms with Gasteiger partial charge in [0.1, 0.15) is 5.15 Å². The average molecular weight is 374 g/mol. The van der Waals surface area contributed by atoms with Crippen molar-refractivity contribution >= 4 is 44.8 Å². The molecular formula is C14H14BrClN2OS. The summed E-state index contributed by atoms with van der Waals surface area (Å²) in [6, 6.07) is 5.37. The van der Waals surface area contributed by atoms with Crippen LogP contribution in [0.2, 0.25) is 5.15 Å². The zero-order chi connectivity index (χ0) is 14.7. The fourth-order valence-corrected chi connectivity index (χ4v) is 3.27. The molecule has 20 heavy (non-hydrogen) atoms. The van der Waals surface area contributed by atoms with E-state index in [2.05, 4.69) is 26.2 Å². The highest BCUT2D eigenvalue weighted by Gasteiger charge is 2.11. The van der Waals surface area contributed by atoms with E-state index in [9.17, 15) is 4.79 Å². The number of amides is 1. The normalized spacial score (nSPS) is 10.8. The van der Waals surface area contributed by atoms with Gasteiger partial charge in [0.2, 0.25) is 0 Å². The lowest BCUT2D eigenvalue weighted by atomic mass is 10.1. The van der Waals surface area contributed by atoms with Gasteiger partial charge in [-0.3, -0.25) is 4.79 Å². The molecule has 0 spiro atoms. The summed E-state index contributed by atoms with van der Waals surface area (Å²) in [5.74, 6) is 0.0919. The summed E-state index contributed by atoms with van der Waals surface area (Å²) >= 11 is 11.0. The third-order valence-electron chi connectivity index (χ3n) is 2.71. The predicted octanol–water partition coefficient (Wildman–Crippen LogP) is 4.61. The molecule has 1 amide bonds. The zero-order valence-corrected chi connectivity index (χ0v) is 14.3. The molecule has 0 saturated carbocycles. The van der Waals surface area contributed by atoms with E-state index in [1.807, 2.05) is 25.3 Å². The molecule has 0 aliphatic carbocycles. The molecule has 0 aliphatic rings. The van der Waals surface area contributed by atoms with Gasteiger partial charge in [0.15, 0.2) is 0 Å². The largest absolute Gasteiger partial charge is 0.347 e. The first-order valence-electron chi connectivity index (χ1n) is 6.14. The van der Waals surface area contributed by atoms with Crippen LogP contribution in [-0.2, 0) is 6.54 Å². The fourth-order valence-electron chi connectivity index (χ4n) is 1.66. The van der Waals surface area contributed by atoms with Crippen LogP contribution in [-0.4, -0.2) is 10.9 Å². The van der Waals surface area contributed by atoms with Gasteiger partial charge in [0.05, 0.1) is 6.54 Å². The number of thiophene rings is 1. The summed E-state index contributed by atoms with van der Waals surface area (Å²) in [6.45, 7) is 4.54. The van der Waals surface area contributed by atoms with Crippen LogP contribution in [0.25, 0.3) is 0 Å². The van der Waals surface area contributed by atoms with Crippen LogP contribution in [0.15, 0.2) is 28.1 Å². The Labute approximate surface area is 135 Å². The first-order chi connectivity index (χ1) is 9.45. The molecule has 1 N–H and O–H groups in total. The van der Waals surface area contributed by atoms with Gasteiger partial charge < -0.3 is 5.32 Å². The van der Waals surface area contributed by atoms with Crippen molar-refractivity contribution in [3.63, 3.8) is 0 Å². The van der Waals surface area contributed by atoms with Gasteiger partial charge in [-0.2, -0.15) is 0 Å². The molecule has 2 heterocycles. The van der Waals surface area contributed by atoms with E-state index < -0.39 is 0 Å². The second kappa shape index (κ2) is 6.70. The van der Waals surface area contributed by atoms with Gasteiger partial charge in [0, 0.05) is 26.0 Å².